The molecule has 0 aliphatic rings. The average Bonchev–Trinajstić information content (AvgIpc) is 3.21. The molecule has 1 aromatic heterocycles. The number of rotatable bonds is 6. The Morgan fingerprint density at radius 2 is 1.53 bits per heavy atom. The minimum atomic E-state index is -0.518. The first kappa shape index (κ1) is 23.2. The molecule has 5 rings (SSSR count). The number of para-hydroxylation sites is 1. The lowest BCUT2D eigenvalue weighted by molar-refractivity contribution is 0.0527. The number of ether oxygens (including phenoxy) is 3. The van der Waals surface area contributed by atoms with Crippen LogP contribution in [0.2, 0.25) is 0 Å². The number of carbonyl (C=O) groups excluding carboxylic acids is 2. The summed E-state index contributed by atoms with van der Waals surface area (Å²) in [6.07, 6.45) is 0. The van der Waals surface area contributed by atoms with Crippen molar-refractivity contribution in [2.45, 2.75) is 13.8 Å². The van der Waals surface area contributed by atoms with Crippen LogP contribution < -0.4 is 9.47 Å². The van der Waals surface area contributed by atoms with Gasteiger partial charge in [-0.1, -0.05) is 48.5 Å². The fourth-order valence-electron chi connectivity index (χ4n) is 4.59. The standard InChI is InChI=1S/C30H25NO5/c1-4-35-30(33)27-19(2)31(21-12-6-5-7-13-21)28-24-16-9-8-15-23(24)26(18-25(27)28)36-29(32)20-11-10-14-22(17-20)34-3/h5-18H,4H2,1-3H3. The topological polar surface area (TPSA) is 66.8 Å². The van der Waals surface area contributed by atoms with Crippen LogP contribution in [0.5, 0.6) is 11.5 Å². The first-order valence-electron chi connectivity index (χ1n) is 11.7. The number of carbonyl (C=O) groups is 2. The second-order valence-corrected chi connectivity index (χ2v) is 8.29. The molecule has 0 radical (unpaired) electrons. The SMILES string of the molecule is CCOC(=O)c1c(C)n(-c2ccccc2)c2c1cc(OC(=O)c1cccc(OC)c1)c1ccccc12. The van der Waals surface area contributed by atoms with E-state index >= 15 is 0 Å². The maximum Gasteiger partial charge on any atom is 0.343 e. The number of hydrogen-bond donors (Lipinski definition) is 0. The fraction of sp³-hybridized carbons (Fsp3) is 0.133. The molecule has 0 unspecified atom stereocenters. The highest BCUT2D eigenvalue weighted by atomic mass is 16.5. The number of methoxy groups -OCH3 is 1. The van der Waals surface area contributed by atoms with Crippen LogP contribution >= 0.6 is 0 Å². The molecule has 0 bridgehead atoms. The van der Waals surface area contributed by atoms with E-state index in [4.69, 9.17) is 14.2 Å². The van der Waals surface area contributed by atoms with Crippen LogP contribution in [0.1, 0.15) is 33.3 Å². The van der Waals surface area contributed by atoms with Gasteiger partial charge < -0.3 is 18.8 Å². The van der Waals surface area contributed by atoms with E-state index in [1.807, 2.05) is 61.5 Å². The molecule has 6 nitrogen and oxygen atoms in total. The van der Waals surface area contributed by atoms with E-state index in [2.05, 4.69) is 4.57 Å². The molecule has 0 spiro atoms. The van der Waals surface area contributed by atoms with Crippen molar-refractivity contribution in [2.75, 3.05) is 13.7 Å². The van der Waals surface area contributed by atoms with Gasteiger partial charge in [0.25, 0.3) is 0 Å². The van der Waals surface area contributed by atoms with Crippen molar-refractivity contribution in [3.8, 4) is 17.2 Å². The van der Waals surface area contributed by atoms with Crippen LogP contribution in [0.4, 0.5) is 0 Å². The fourth-order valence-corrected chi connectivity index (χ4v) is 4.59. The van der Waals surface area contributed by atoms with E-state index in [0.29, 0.717) is 28.0 Å². The van der Waals surface area contributed by atoms with Crippen molar-refractivity contribution in [3.63, 3.8) is 0 Å². The van der Waals surface area contributed by atoms with Gasteiger partial charge in [0.05, 0.1) is 30.4 Å². The number of fused-ring (bicyclic) bond motifs is 3. The molecule has 180 valence electrons. The third-order valence-electron chi connectivity index (χ3n) is 6.17. The summed E-state index contributed by atoms with van der Waals surface area (Å²) in [6, 6.07) is 26.1. The van der Waals surface area contributed by atoms with Gasteiger partial charge in [0.2, 0.25) is 0 Å². The van der Waals surface area contributed by atoms with Gasteiger partial charge in [-0.2, -0.15) is 0 Å². The summed E-state index contributed by atoms with van der Waals surface area (Å²) in [6.45, 7) is 3.93. The summed E-state index contributed by atoms with van der Waals surface area (Å²) in [5.74, 6) is -0.0167. The molecule has 0 amide bonds. The van der Waals surface area contributed by atoms with Gasteiger partial charge in [-0.15, -0.1) is 0 Å². The van der Waals surface area contributed by atoms with Crippen molar-refractivity contribution in [2.24, 2.45) is 0 Å². The van der Waals surface area contributed by atoms with E-state index < -0.39 is 11.9 Å². The zero-order valence-electron chi connectivity index (χ0n) is 20.3. The second-order valence-electron chi connectivity index (χ2n) is 8.29. The third kappa shape index (κ3) is 3.96. The normalized spacial score (nSPS) is 11.0. The predicted octanol–water partition coefficient (Wildman–Crippen LogP) is 6.50. The highest BCUT2D eigenvalue weighted by molar-refractivity contribution is 6.17. The van der Waals surface area contributed by atoms with Gasteiger partial charge in [-0.3, -0.25) is 0 Å². The number of aromatic nitrogens is 1. The summed E-state index contributed by atoms with van der Waals surface area (Å²) < 4.78 is 18.6. The van der Waals surface area contributed by atoms with Gasteiger partial charge in [-0.25, -0.2) is 9.59 Å². The number of nitrogens with zero attached hydrogens (tertiary/aromatic N) is 1. The minimum Gasteiger partial charge on any atom is -0.497 e. The van der Waals surface area contributed by atoms with E-state index in [1.54, 1.807) is 44.4 Å². The zero-order valence-corrected chi connectivity index (χ0v) is 20.3. The lowest BCUT2D eigenvalue weighted by Gasteiger charge is -2.13. The molecule has 0 fully saturated rings. The van der Waals surface area contributed by atoms with E-state index in [1.165, 1.54) is 0 Å². The van der Waals surface area contributed by atoms with Crippen LogP contribution in [0.25, 0.3) is 27.4 Å². The summed E-state index contributed by atoms with van der Waals surface area (Å²) in [5.41, 5.74) is 3.32. The number of benzene rings is 4. The Labute approximate surface area is 208 Å². The largest absolute Gasteiger partial charge is 0.497 e. The smallest absolute Gasteiger partial charge is 0.343 e. The third-order valence-corrected chi connectivity index (χ3v) is 6.17. The average molecular weight is 480 g/mol. The van der Waals surface area contributed by atoms with Crippen molar-refractivity contribution in [1.82, 2.24) is 4.57 Å². The Morgan fingerprint density at radius 1 is 0.806 bits per heavy atom. The molecule has 0 saturated carbocycles. The number of hydrogen-bond acceptors (Lipinski definition) is 5. The Balaban J connectivity index is 1.77. The Morgan fingerprint density at radius 3 is 2.25 bits per heavy atom. The number of esters is 2. The Kier molecular flexibility index (Phi) is 6.17. The van der Waals surface area contributed by atoms with Gasteiger partial charge in [0, 0.05) is 27.5 Å². The molecule has 6 heteroatoms. The maximum absolute atomic E-state index is 13.1. The molecule has 1 heterocycles. The Bertz CT molecular complexity index is 1600. The van der Waals surface area contributed by atoms with Crippen molar-refractivity contribution in [1.29, 1.82) is 0 Å². The monoisotopic (exact) mass is 479 g/mol. The molecule has 0 N–H and O–H groups in total. The van der Waals surface area contributed by atoms with Crippen LogP contribution in [0, 0.1) is 6.92 Å². The molecule has 5 aromatic rings. The summed E-state index contributed by atoms with van der Waals surface area (Å²) in [7, 11) is 1.54. The molecular weight excluding hydrogens is 454 g/mol. The summed E-state index contributed by atoms with van der Waals surface area (Å²) in [4.78, 5) is 26.2. The van der Waals surface area contributed by atoms with Crippen molar-refractivity contribution in [3.05, 3.63) is 102 Å². The molecule has 4 aromatic carbocycles. The lowest BCUT2D eigenvalue weighted by atomic mass is 10.0. The predicted molar refractivity (Wildman–Crippen MR) is 139 cm³/mol. The quantitative estimate of drug-likeness (QED) is 0.206. The first-order chi connectivity index (χ1) is 17.5. The van der Waals surface area contributed by atoms with Crippen LogP contribution in [0.3, 0.4) is 0 Å². The zero-order chi connectivity index (χ0) is 25.2. The van der Waals surface area contributed by atoms with Crippen molar-refractivity contribution >= 4 is 33.6 Å². The summed E-state index contributed by atoms with van der Waals surface area (Å²) in [5, 5.41) is 2.26. The molecule has 0 aliphatic carbocycles. The molecule has 36 heavy (non-hydrogen) atoms. The first-order valence-corrected chi connectivity index (χ1v) is 11.7. The van der Waals surface area contributed by atoms with Crippen LogP contribution in [-0.4, -0.2) is 30.2 Å². The molecular formula is C30H25NO5. The molecule has 0 saturated heterocycles. The van der Waals surface area contributed by atoms with E-state index in [0.717, 1.165) is 27.7 Å². The molecule has 0 atom stereocenters. The molecule has 0 aliphatic heterocycles. The highest BCUT2D eigenvalue weighted by Crippen LogP contribution is 2.40. The van der Waals surface area contributed by atoms with Crippen LogP contribution in [0.15, 0.2) is 84.9 Å². The summed E-state index contributed by atoms with van der Waals surface area (Å²) >= 11 is 0. The van der Waals surface area contributed by atoms with Gasteiger partial charge in [-0.05, 0) is 50.2 Å². The highest BCUT2D eigenvalue weighted by Gasteiger charge is 2.25. The maximum atomic E-state index is 13.1. The van der Waals surface area contributed by atoms with Crippen LogP contribution in [-0.2, 0) is 4.74 Å². The van der Waals surface area contributed by atoms with E-state index in [9.17, 15) is 9.59 Å². The minimum absolute atomic E-state index is 0.252. The second kappa shape index (κ2) is 9.58. The Hall–Kier alpha value is -4.58. The van der Waals surface area contributed by atoms with Gasteiger partial charge in [0.15, 0.2) is 0 Å². The lowest BCUT2D eigenvalue weighted by Crippen LogP contribution is -2.09. The van der Waals surface area contributed by atoms with E-state index in [-0.39, 0.29) is 6.61 Å². The van der Waals surface area contributed by atoms with Gasteiger partial charge >= 0.3 is 11.9 Å². The van der Waals surface area contributed by atoms with Crippen molar-refractivity contribution < 1.29 is 23.8 Å². The van der Waals surface area contributed by atoms with Gasteiger partial charge in [0.1, 0.15) is 11.5 Å².